The van der Waals surface area contributed by atoms with Crippen molar-refractivity contribution in [1.82, 2.24) is 4.72 Å². The summed E-state index contributed by atoms with van der Waals surface area (Å²) in [5.74, 6) is 0.524. The van der Waals surface area contributed by atoms with Crippen molar-refractivity contribution in [3.63, 3.8) is 0 Å². The monoisotopic (exact) mass is 266 g/mol. The summed E-state index contributed by atoms with van der Waals surface area (Å²) in [6.07, 6.45) is 4.89. The molecule has 1 aromatic rings. The van der Waals surface area contributed by atoms with E-state index in [2.05, 4.69) is 43.2 Å². The summed E-state index contributed by atoms with van der Waals surface area (Å²) in [5, 5.41) is 0. The Hall–Kier alpha value is -0.870. The summed E-state index contributed by atoms with van der Waals surface area (Å²) in [7, 11) is -3.12. The van der Waals surface area contributed by atoms with Gasteiger partial charge in [-0.1, -0.05) is 32.0 Å². The second-order valence-electron chi connectivity index (χ2n) is 5.34. The molecule has 0 amide bonds. The topological polar surface area (TPSA) is 46.2 Å². The van der Waals surface area contributed by atoms with Gasteiger partial charge in [-0.2, -0.15) is 0 Å². The lowest BCUT2D eigenvalue weighted by atomic mass is 9.86. The van der Waals surface area contributed by atoms with Crippen molar-refractivity contribution in [2.45, 2.75) is 38.6 Å². The van der Waals surface area contributed by atoms with Crippen LogP contribution in [0.5, 0.6) is 0 Å². The molecule has 2 rings (SSSR count). The number of fused-ring (bicyclic) bond motifs is 1. The third kappa shape index (κ3) is 3.33. The van der Waals surface area contributed by atoms with Gasteiger partial charge in [-0.3, -0.25) is 0 Å². The van der Waals surface area contributed by atoms with Gasteiger partial charge in [-0.05, 0) is 41.9 Å². The average molecular weight is 266 g/mol. The van der Waals surface area contributed by atoms with E-state index in [9.17, 15) is 8.42 Å². The molecule has 0 bridgehead atoms. The second-order valence-corrected chi connectivity index (χ2v) is 7.12. The first-order valence-corrected chi connectivity index (χ1v) is 8.17. The molecule has 0 saturated carbocycles. The van der Waals surface area contributed by atoms with Crippen LogP contribution in [0.25, 0.3) is 0 Å². The predicted molar refractivity (Wildman–Crippen MR) is 74.0 cm³/mol. The van der Waals surface area contributed by atoms with E-state index in [0.29, 0.717) is 5.92 Å². The first-order chi connectivity index (χ1) is 8.35. The Labute approximate surface area is 110 Å². The first-order valence-electron chi connectivity index (χ1n) is 6.28. The van der Waals surface area contributed by atoms with Crippen LogP contribution in [-0.2, 0) is 16.4 Å². The van der Waals surface area contributed by atoms with E-state index in [-0.39, 0.29) is 6.04 Å². The standard InChI is InChI=1S/C14H20NO2S/c1-10(2)11-4-5-13-9-14(15-18(3,16)17)7-6-12(13)8-11/h4-6,8,10,14-15H,7,9H2,1-3H3. The lowest BCUT2D eigenvalue weighted by Crippen LogP contribution is -2.37. The highest BCUT2D eigenvalue weighted by Gasteiger charge is 2.21. The Morgan fingerprint density at radius 2 is 2.06 bits per heavy atom. The van der Waals surface area contributed by atoms with Gasteiger partial charge >= 0.3 is 0 Å². The molecule has 1 N–H and O–H groups in total. The third-order valence-corrected chi connectivity index (χ3v) is 4.07. The number of hydrogen-bond donors (Lipinski definition) is 1. The van der Waals surface area contributed by atoms with E-state index >= 15 is 0 Å². The van der Waals surface area contributed by atoms with Gasteiger partial charge in [0.25, 0.3) is 0 Å². The zero-order valence-corrected chi connectivity index (χ0v) is 11.9. The van der Waals surface area contributed by atoms with E-state index in [4.69, 9.17) is 0 Å². The number of hydrogen-bond acceptors (Lipinski definition) is 2. The summed E-state index contributed by atoms with van der Waals surface area (Å²) in [6, 6.07) is 6.48. The molecule has 1 aliphatic carbocycles. The highest BCUT2D eigenvalue weighted by molar-refractivity contribution is 7.88. The van der Waals surface area contributed by atoms with Gasteiger partial charge in [0.15, 0.2) is 0 Å². The van der Waals surface area contributed by atoms with Crippen molar-refractivity contribution in [3.05, 3.63) is 41.3 Å². The lowest BCUT2D eigenvalue weighted by Gasteiger charge is -2.25. The largest absolute Gasteiger partial charge is 0.213 e. The van der Waals surface area contributed by atoms with Gasteiger partial charge in [0, 0.05) is 6.04 Å². The molecule has 0 heterocycles. The Morgan fingerprint density at radius 1 is 1.33 bits per heavy atom. The molecule has 0 aromatic heterocycles. The van der Waals surface area contributed by atoms with Gasteiger partial charge in [-0.25, -0.2) is 13.1 Å². The van der Waals surface area contributed by atoms with E-state index in [1.807, 2.05) is 0 Å². The summed E-state index contributed by atoms with van der Waals surface area (Å²) in [6.45, 7) is 4.36. The minimum atomic E-state index is -3.12. The van der Waals surface area contributed by atoms with Crippen LogP contribution in [-0.4, -0.2) is 20.7 Å². The zero-order valence-electron chi connectivity index (χ0n) is 11.1. The highest BCUT2D eigenvalue weighted by Crippen LogP contribution is 2.26. The number of rotatable bonds is 3. The molecule has 1 atom stereocenters. The first kappa shape index (κ1) is 13.6. The van der Waals surface area contributed by atoms with Gasteiger partial charge in [-0.15, -0.1) is 0 Å². The van der Waals surface area contributed by atoms with Gasteiger partial charge in [0.2, 0.25) is 10.0 Å². The Balaban J connectivity index is 2.16. The van der Waals surface area contributed by atoms with Crippen LogP contribution in [0.3, 0.4) is 0 Å². The number of sulfonamides is 1. The summed E-state index contributed by atoms with van der Waals surface area (Å²) in [4.78, 5) is 0. The fraction of sp³-hybridized carbons (Fsp3) is 0.500. The minimum absolute atomic E-state index is 0.00241. The molecular formula is C14H20NO2S. The number of benzene rings is 1. The van der Waals surface area contributed by atoms with Gasteiger partial charge in [0.1, 0.15) is 0 Å². The van der Waals surface area contributed by atoms with Crippen LogP contribution in [0.1, 0.15) is 42.9 Å². The van der Waals surface area contributed by atoms with E-state index in [1.54, 1.807) is 0 Å². The molecular weight excluding hydrogens is 246 g/mol. The quantitative estimate of drug-likeness (QED) is 0.912. The molecule has 1 aliphatic rings. The van der Waals surface area contributed by atoms with Crippen molar-refractivity contribution < 1.29 is 8.42 Å². The molecule has 0 fully saturated rings. The molecule has 4 heteroatoms. The summed E-state index contributed by atoms with van der Waals surface area (Å²) >= 11 is 0. The molecule has 3 nitrogen and oxygen atoms in total. The van der Waals surface area contributed by atoms with Crippen LogP contribution in [0, 0.1) is 6.42 Å². The highest BCUT2D eigenvalue weighted by atomic mass is 32.2. The molecule has 0 spiro atoms. The van der Waals surface area contributed by atoms with Crippen molar-refractivity contribution in [3.8, 4) is 0 Å². The molecule has 0 aliphatic heterocycles. The predicted octanol–water partition coefficient (Wildman–Crippen LogP) is 2.23. The van der Waals surface area contributed by atoms with Crippen LogP contribution in [0.2, 0.25) is 0 Å². The van der Waals surface area contributed by atoms with Crippen LogP contribution in [0.4, 0.5) is 0 Å². The fourth-order valence-electron chi connectivity index (χ4n) is 2.36. The minimum Gasteiger partial charge on any atom is -0.213 e. The van der Waals surface area contributed by atoms with E-state index < -0.39 is 10.0 Å². The summed E-state index contributed by atoms with van der Waals surface area (Å²) < 4.78 is 25.1. The fourth-order valence-corrected chi connectivity index (χ4v) is 3.14. The Morgan fingerprint density at radius 3 is 2.67 bits per heavy atom. The maximum absolute atomic E-state index is 11.2. The Kier molecular flexibility index (Phi) is 3.78. The smallest absolute Gasteiger partial charge is 0.208 e. The molecule has 1 aromatic carbocycles. The average Bonchev–Trinajstić information content (AvgIpc) is 2.26. The van der Waals surface area contributed by atoms with E-state index in [1.165, 1.54) is 22.9 Å². The molecule has 1 radical (unpaired) electrons. The van der Waals surface area contributed by atoms with Crippen molar-refractivity contribution >= 4 is 10.0 Å². The van der Waals surface area contributed by atoms with Gasteiger partial charge < -0.3 is 0 Å². The van der Waals surface area contributed by atoms with Crippen LogP contribution >= 0.6 is 0 Å². The summed E-state index contributed by atoms with van der Waals surface area (Å²) in [5.41, 5.74) is 3.82. The second kappa shape index (κ2) is 5.02. The maximum Gasteiger partial charge on any atom is 0.208 e. The normalized spacial score (nSPS) is 19.9. The SMILES string of the molecule is CC(C)c1ccc2c(c1)[CH]CC(NS(C)(=O)=O)C2. The van der Waals surface area contributed by atoms with Crippen molar-refractivity contribution in [1.29, 1.82) is 0 Å². The molecule has 1 unspecified atom stereocenters. The lowest BCUT2D eigenvalue weighted by molar-refractivity contribution is 0.539. The molecule has 0 saturated heterocycles. The van der Waals surface area contributed by atoms with Crippen molar-refractivity contribution in [2.75, 3.05) is 6.26 Å². The zero-order chi connectivity index (χ0) is 13.3. The van der Waals surface area contributed by atoms with E-state index in [0.717, 1.165) is 12.8 Å². The van der Waals surface area contributed by atoms with Crippen LogP contribution < -0.4 is 4.72 Å². The number of nitrogens with one attached hydrogen (secondary N) is 1. The van der Waals surface area contributed by atoms with Gasteiger partial charge in [0.05, 0.1) is 6.26 Å². The van der Waals surface area contributed by atoms with Crippen LogP contribution in [0.15, 0.2) is 18.2 Å². The maximum atomic E-state index is 11.2. The van der Waals surface area contributed by atoms with Crippen molar-refractivity contribution in [2.24, 2.45) is 0 Å². The third-order valence-electron chi connectivity index (χ3n) is 3.31. The Bertz CT molecular complexity index is 535. The molecule has 99 valence electrons. The molecule has 18 heavy (non-hydrogen) atoms.